The van der Waals surface area contributed by atoms with E-state index in [4.69, 9.17) is 0 Å². The van der Waals surface area contributed by atoms with Crippen LogP contribution in [0.5, 0.6) is 0 Å². The number of carbonyl (C=O) groups excluding carboxylic acids is 1. The van der Waals surface area contributed by atoms with Crippen molar-refractivity contribution in [2.24, 2.45) is 7.05 Å². The Hall–Kier alpha value is -2.08. The molecular weight excluding hydrogens is 295 g/mol. The van der Waals surface area contributed by atoms with E-state index in [0.29, 0.717) is 5.52 Å². The summed E-state index contributed by atoms with van der Waals surface area (Å²) in [5.74, 6) is -1.85. The number of carbonyl (C=O) groups is 1. The second-order valence-corrected chi connectivity index (χ2v) is 5.74. The number of rotatable bonds is 3. The molecule has 0 aliphatic rings. The Morgan fingerprint density at radius 2 is 1.91 bits per heavy atom. The Morgan fingerprint density at radius 1 is 1.27 bits per heavy atom. The third-order valence-corrected chi connectivity index (χ3v) is 3.20. The van der Waals surface area contributed by atoms with Crippen LogP contribution in [0.15, 0.2) is 30.5 Å². The molecule has 1 N–H and O–H groups in total. The van der Waals surface area contributed by atoms with Gasteiger partial charge in [0.25, 0.3) is 5.78 Å². The third kappa shape index (κ3) is 3.39. The van der Waals surface area contributed by atoms with E-state index in [9.17, 15) is 23.1 Å². The van der Waals surface area contributed by atoms with Crippen LogP contribution in [-0.2, 0) is 7.05 Å². The fraction of sp³-hybridized carbons (Fsp3) is 0.312. The summed E-state index contributed by atoms with van der Waals surface area (Å²) >= 11 is 0. The molecule has 6 heteroatoms. The quantitative estimate of drug-likeness (QED) is 0.878. The van der Waals surface area contributed by atoms with Crippen molar-refractivity contribution >= 4 is 22.8 Å². The highest BCUT2D eigenvalue weighted by Crippen LogP contribution is 2.29. The van der Waals surface area contributed by atoms with E-state index in [1.54, 1.807) is 45.2 Å². The molecule has 0 saturated carbocycles. The highest BCUT2D eigenvalue weighted by Gasteiger charge is 2.40. The molecule has 2 aromatic rings. The lowest BCUT2D eigenvalue weighted by Crippen LogP contribution is -2.22. The predicted octanol–water partition coefficient (Wildman–Crippen LogP) is 3.71. The standard InChI is InChI=1S/C16H16F3NO2/c1-15(2,22)7-6-10-4-5-11-12(14(21)16(17,18)19)9-20(3)13(11)8-10/h4-9,22H,1-3H3/b7-6+. The number of hydrogen-bond donors (Lipinski definition) is 1. The van der Waals surface area contributed by atoms with Crippen molar-refractivity contribution in [2.45, 2.75) is 25.6 Å². The third-order valence-electron chi connectivity index (χ3n) is 3.20. The van der Waals surface area contributed by atoms with E-state index in [1.807, 2.05) is 0 Å². The molecule has 1 heterocycles. The summed E-state index contributed by atoms with van der Waals surface area (Å²) in [5.41, 5.74) is -0.101. The van der Waals surface area contributed by atoms with Crippen LogP contribution in [0, 0.1) is 0 Å². The molecule has 1 aromatic carbocycles. The van der Waals surface area contributed by atoms with Gasteiger partial charge in [0.05, 0.1) is 11.2 Å². The van der Waals surface area contributed by atoms with E-state index >= 15 is 0 Å². The van der Waals surface area contributed by atoms with Gasteiger partial charge in [-0.15, -0.1) is 0 Å². The van der Waals surface area contributed by atoms with Crippen LogP contribution in [-0.4, -0.2) is 27.2 Å². The van der Waals surface area contributed by atoms with E-state index in [1.165, 1.54) is 16.8 Å². The summed E-state index contributed by atoms with van der Waals surface area (Å²) in [6.45, 7) is 3.23. The van der Waals surface area contributed by atoms with Crippen molar-refractivity contribution in [1.29, 1.82) is 0 Å². The maximum absolute atomic E-state index is 12.6. The molecule has 1 aromatic heterocycles. The molecule has 0 aliphatic heterocycles. The Morgan fingerprint density at radius 3 is 2.45 bits per heavy atom. The molecular formula is C16H16F3NO2. The van der Waals surface area contributed by atoms with Gasteiger partial charge in [-0.2, -0.15) is 13.2 Å². The Bertz CT molecular complexity index is 749. The predicted molar refractivity (Wildman–Crippen MR) is 78.6 cm³/mol. The van der Waals surface area contributed by atoms with Crippen LogP contribution in [0.1, 0.15) is 29.8 Å². The van der Waals surface area contributed by atoms with E-state index < -0.39 is 17.6 Å². The van der Waals surface area contributed by atoms with Gasteiger partial charge >= 0.3 is 6.18 Å². The van der Waals surface area contributed by atoms with Crippen LogP contribution in [0.4, 0.5) is 13.2 Å². The van der Waals surface area contributed by atoms with Crippen LogP contribution < -0.4 is 0 Å². The molecule has 0 bridgehead atoms. The lowest BCUT2D eigenvalue weighted by molar-refractivity contribution is -0.0884. The number of benzene rings is 1. The number of aryl methyl sites for hydroxylation is 1. The summed E-state index contributed by atoms with van der Waals surface area (Å²) in [7, 11) is 1.58. The molecule has 0 saturated heterocycles. The normalized spacial score (nSPS) is 13.2. The molecule has 118 valence electrons. The molecule has 0 atom stereocenters. The minimum absolute atomic E-state index is 0.255. The highest BCUT2D eigenvalue weighted by molar-refractivity contribution is 6.10. The summed E-state index contributed by atoms with van der Waals surface area (Å²) < 4.78 is 39.3. The van der Waals surface area contributed by atoms with Gasteiger partial charge in [-0.05, 0) is 25.5 Å². The second kappa shape index (κ2) is 5.28. The fourth-order valence-corrected chi connectivity index (χ4v) is 2.14. The zero-order valence-electron chi connectivity index (χ0n) is 12.4. The van der Waals surface area contributed by atoms with E-state index in [0.717, 1.165) is 5.56 Å². The molecule has 0 fully saturated rings. The fourth-order valence-electron chi connectivity index (χ4n) is 2.14. The summed E-state index contributed by atoms with van der Waals surface area (Å²) in [6, 6.07) is 4.76. The van der Waals surface area contributed by atoms with Gasteiger partial charge in [0.15, 0.2) is 0 Å². The van der Waals surface area contributed by atoms with Crippen LogP contribution in [0.3, 0.4) is 0 Å². The number of alkyl halides is 3. The Balaban J connectivity index is 2.51. The van der Waals surface area contributed by atoms with Crippen LogP contribution >= 0.6 is 0 Å². The maximum Gasteiger partial charge on any atom is 0.454 e. The Kier molecular flexibility index (Phi) is 3.91. The first-order chi connectivity index (χ1) is 9.99. The smallest absolute Gasteiger partial charge is 0.386 e. The van der Waals surface area contributed by atoms with Gasteiger partial charge in [0, 0.05) is 24.1 Å². The number of nitrogens with zero attached hydrogens (tertiary/aromatic N) is 1. The molecule has 0 aliphatic carbocycles. The van der Waals surface area contributed by atoms with Gasteiger partial charge in [-0.3, -0.25) is 4.79 Å². The molecule has 22 heavy (non-hydrogen) atoms. The van der Waals surface area contributed by atoms with Crippen molar-refractivity contribution in [1.82, 2.24) is 4.57 Å². The topological polar surface area (TPSA) is 42.2 Å². The molecule has 2 rings (SSSR count). The van der Waals surface area contributed by atoms with Gasteiger partial charge in [-0.25, -0.2) is 0 Å². The molecule has 0 radical (unpaired) electrons. The zero-order valence-corrected chi connectivity index (χ0v) is 12.4. The lowest BCUT2D eigenvalue weighted by Gasteiger charge is -2.10. The van der Waals surface area contributed by atoms with E-state index in [-0.39, 0.29) is 10.9 Å². The largest absolute Gasteiger partial charge is 0.454 e. The highest BCUT2D eigenvalue weighted by atomic mass is 19.4. The van der Waals surface area contributed by atoms with Gasteiger partial charge in [0.2, 0.25) is 0 Å². The minimum atomic E-state index is -4.90. The van der Waals surface area contributed by atoms with Crippen molar-refractivity contribution < 1.29 is 23.1 Å². The van der Waals surface area contributed by atoms with Gasteiger partial charge in [-0.1, -0.05) is 24.3 Å². The zero-order chi connectivity index (χ0) is 16.7. The van der Waals surface area contributed by atoms with Crippen LogP contribution in [0.25, 0.3) is 17.0 Å². The number of halogens is 3. The van der Waals surface area contributed by atoms with E-state index in [2.05, 4.69) is 0 Å². The first kappa shape index (κ1) is 16.3. The number of aliphatic hydroxyl groups is 1. The minimum Gasteiger partial charge on any atom is -0.386 e. The first-order valence-corrected chi connectivity index (χ1v) is 6.61. The molecule has 3 nitrogen and oxygen atoms in total. The number of hydrogen-bond acceptors (Lipinski definition) is 2. The number of fused-ring (bicyclic) bond motifs is 1. The van der Waals surface area contributed by atoms with Gasteiger partial charge in [0.1, 0.15) is 0 Å². The van der Waals surface area contributed by atoms with Crippen LogP contribution in [0.2, 0.25) is 0 Å². The molecule has 0 amide bonds. The monoisotopic (exact) mass is 311 g/mol. The average Bonchev–Trinajstić information content (AvgIpc) is 2.71. The SMILES string of the molecule is Cn1cc(C(=O)C(F)(F)F)c2ccc(/C=C/C(C)(C)O)cc21. The van der Waals surface area contributed by atoms with Crippen molar-refractivity contribution in [3.63, 3.8) is 0 Å². The summed E-state index contributed by atoms with van der Waals surface area (Å²) in [6.07, 6.45) is -0.450. The van der Waals surface area contributed by atoms with Crippen molar-refractivity contribution in [3.05, 3.63) is 41.6 Å². The first-order valence-electron chi connectivity index (χ1n) is 6.61. The molecule has 0 spiro atoms. The van der Waals surface area contributed by atoms with Crippen molar-refractivity contribution in [2.75, 3.05) is 0 Å². The Labute approximate surface area is 125 Å². The summed E-state index contributed by atoms with van der Waals surface area (Å²) in [5, 5.41) is 9.91. The lowest BCUT2D eigenvalue weighted by atomic mass is 10.0. The number of ketones is 1. The molecule has 0 unspecified atom stereocenters. The van der Waals surface area contributed by atoms with Crippen molar-refractivity contribution in [3.8, 4) is 0 Å². The van der Waals surface area contributed by atoms with Gasteiger partial charge < -0.3 is 9.67 Å². The summed E-state index contributed by atoms with van der Waals surface area (Å²) in [4.78, 5) is 11.5. The number of aromatic nitrogens is 1. The average molecular weight is 311 g/mol. The number of Topliss-reactive ketones (excluding diaryl/α,β-unsaturated/α-hetero) is 1. The maximum atomic E-state index is 12.6. The second-order valence-electron chi connectivity index (χ2n) is 5.74.